The summed E-state index contributed by atoms with van der Waals surface area (Å²) in [5.41, 5.74) is 3.11. The molecule has 4 rings (SSSR count). The number of ketones is 1. The quantitative estimate of drug-likeness (QED) is 0.381. The highest BCUT2D eigenvalue weighted by Crippen LogP contribution is 2.32. The lowest BCUT2D eigenvalue weighted by atomic mass is 10.1. The van der Waals surface area contributed by atoms with E-state index in [1.807, 2.05) is 60.7 Å². The molecule has 166 valence electrons. The molecule has 1 aliphatic rings. The number of carbonyl (C=O) groups excluding carboxylic acids is 2. The van der Waals surface area contributed by atoms with Gasteiger partial charge in [-0.1, -0.05) is 42.5 Å². The van der Waals surface area contributed by atoms with Gasteiger partial charge in [0.2, 0.25) is 0 Å². The number of para-hydroxylation sites is 1. The third-order valence-corrected chi connectivity index (χ3v) is 5.76. The Bertz CT molecular complexity index is 1250. The minimum atomic E-state index is -0.195. The molecule has 1 N–H and O–H groups in total. The normalized spacial score (nSPS) is 15.5. The zero-order valence-electron chi connectivity index (χ0n) is 18.2. The summed E-state index contributed by atoms with van der Waals surface area (Å²) in [5, 5.41) is 3.33. The Labute approximate surface area is 196 Å². The van der Waals surface area contributed by atoms with Crippen LogP contribution in [0.3, 0.4) is 0 Å². The Morgan fingerprint density at radius 1 is 1.03 bits per heavy atom. The summed E-state index contributed by atoms with van der Waals surface area (Å²) in [4.78, 5) is 29.0. The number of nitrogens with zero attached hydrogens (tertiary/aromatic N) is 1. The Morgan fingerprint density at radius 3 is 2.61 bits per heavy atom. The van der Waals surface area contributed by atoms with E-state index in [4.69, 9.17) is 9.47 Å². The van der Waals surface area contributed by atoms with Crippen molar-refractivity contribution in [1.29, 1.82) is 0 Å². The molecule has 6 nitrogen and oxygen atoms in total. The molecular weight excluding hydrogens is 436 g/mol. The van der Waals surface area contributed by atoms with Gasteiger partial charge < -0.3 is 14.8 Å². The molecule has 3 aromatic carbocycles. The predicted octanol–water partition coefficient (Wildman–Crippen LogP) is 5.37. The fraction of sp³-hybridized carbons (Fsp3) is 0.115. The molecule has 0 aliphatic carbocycles. The van der Waals surface area contributed by atoms with E-state index in [0.29, 0.717) is 33.7 Å². The highest BCUT2D eigenvalue weighted by atomic mass is 32.2. The first-order chi connectivity index (χ1) is 16.0. The molecular formula is C26H22N2O4S. The molecule has 3 aromatic rings. The number of amides is 1. The van der Waals surface area contributed by atoms with Crippen molar-refractivity contribution in [3.63, 3.8) is 0 Å². The van der Waals surface area contributed by atoms with Crippen LogP contribution in [0.2, 0.25) is 0 Å². The van der Waals surface area contributed by atoms with E-state index >= 15 is 0 Å². The van der Waals surface area contributed by atoms with Crippen molar-refractivity contribution in [2.24, 2.45) is 4.99 Å². The second-order valence-electron chi connectivity index (χ2n) is 7.27. The molecule has 0 bridgehead atoms. The van der Waals surface area contributed by atoms with E-state index in [1.54, 1.807) is 25.3 Å². The van der Waals surface area contributed by atoms with E-state index < -0.39 is 0 Å². The zero-order chi connectivity index (χ0) is 23.2. The number of hydrogen-bond acceptors (Lipinski definition) is 6. The van der Waals surface area contributed by atoms with Gasteiger partial charge >= 0.3 is 0 Å². The van der Waals surface area contributed by atoms with Crippen molar-refractivity contribution in [3.8, 4) is 11.5 Å². The fourth-order valence-electron chi connectivity index (χ4n) is 3.19. The molecule has 1 heterocycles. The zero-order valence-corrected chi connectivity index (χ0v) is 19.0. The van der Waals surface area contributed by atoms with Crippen LogP contribution < -0.4 is 14.8 Å². The van der Waals surface area contributed by atoms with E-state index in [0.717, 1.165) is 16.8 Å². The average Bonchev–Trinajstić information content (AvgIpc) is 3.17. The van der Waals surface area contributed by atoms with Crippen molar-refractivity contribution >= 4 is 40.4 Å². The lowest BCUT2D eigenvalue weighted by Crippen LogP contribution is -2.19. The van der Waals surface area contributed by atoms with Gasteiger partial charge in [0.1, 0.15) is 6.61 Å². The second kappa shape index (κ2) is 10.2. The van der Waals surface area contributed by atoms with Crippen LogP contribution in [0.15, 0.2) is 82.7 Å². The average molecular weight is 459 g/mol. The molecule has 0 atom stereocenters. The number of benzene rings is 3. The molecule has 1 fully saturated rings. The van der Waals surface area contributed by atoms with E-state index in [9.17, 15) is 9.59 Å². The highest BCUT2D eigenvalue weighted by molar-refractivity contribution is 8.18. The number of nitrogens with one attached hydrogen (secondary N) is 1. The Hall–Kier alpha value is -3.84. The van der Waals surface area contributed by atoms with Crippen LogP contribution in [0, 0.1) is 0 Å². The van der Waals surface area contributed by atoms with Crippen molar-refractivity contribution in [2.45, 2.75) is 13.5 Å². The fourth-order valence-corrected chi connectivity index (χ4v) is 4.03. The van der Waals surface area contributed by atoms with Gasteiger partial charge in [0.05, 0.1) is 17.7 Å². The maximum absolute atomic E-state index is 12.4. The van der Waals surface area contributed by atoms with Crippen molar-refractivity contribution in [3.05, 3.63) is 94.4 Å². The largest absolute Gasteiger partial charge is 0.493 e. The molecule has 0 unspecified atom stereocenters. The van der Waals surface area contributed by atoms with Gasteiger partial charge in [-0.25, -0.2) is 4.99 Å². The molecule has 0 spiro atoms. The Kier molecular flexibility index (Phi) is 6.90. The summed E-state index contributed by atoms with van der Waals surface area (Å²) in [5.74, 6) is 0.938. The molecule has 1 saturated heterocycles. The van der Waals surface area contributed by atoms with Gasteiger partial charge in [-0.3, -0.25) is 9.59 Å². The van der Waals surface area contributed by atoms with Crippen LogP contribution in [0.4, 0.5) is 5.69 Å². The minimum Gasteiger partial charge on any atom is -0.493 e. The first-order valence-electron chi connectivity index (χ1n) is 10.3. The molecule has 33 heavy (non-hydrogen) atoms. The van der Waals surface area contributed by atoms with Gasteiger partial charge in [0.15, 0.2) is 22.4 Å². The molecule has 0 radical (unpaired) electrons. The van der Waals surface area contributed by atoms with Gasteiger partial charge in [-0.05, 0) is 66.2 Å². The molecule has 1 amide bonds. The van der Waals surface area contributed by atoms with Crippen molar-refractivity contribution < 1.29 is 19.1 Å². The summed E-state index contributed by atoms with van der Waals surface area (Å²) < 4.78 is 11.4. The standard InChI is InChI=1S/C26H22N2O4S/c1-17(29)20-8-6-7-19(13-20)16-32-22-12-11-18(14-23(22)31-2)15-24-25(30)28-26(33-24)27-21-9-4-3-5-10-21/h3-15H,16H2,1-2H3,(H,27,28,30)/b24-15+. The molecule has 7 heteroatoms. The van der Waals surface area contributed by atoms with Gasteiger partial charge in [-0.15, -0.1) is 0 Å². The molecule has 0 saturated carbocycles. The SMILES string of the molecule is COc1cc(/C=C2/S/C(=N/c3ccccc3)NC2=O)ccc1OCc1cccc(C(C)=O)c1. The van der Waals surface area contributed by atoms with Gasteiger partial charge in [0, 0.05) is 5.56 Å². The van der Waals surface area contributed by atoms with E-state index in [-0.39, 0.29) is 11.7 Å². The third-order valence-electron chi connectivity index (χ3n) is 4.85. The van der Waals surface area contributed by atoms with Gasteiger partial charge in [-0.2, -0.15) is 0 Å². The van der Waals surface area contributed by atoms with Gasteiger partial charge in [0.25, 0.3) is 5.91 Å². The summed E-state index contributed by atoms with van der Waals surface area (Å²) >= 11 is 1.29. The predicted molar refractivity (Wildman–Crippen MR) is 131 cm³/mol. The van der Waals surface area contributed by atoms with Crippen LogP contribution in [0.5, 0.6) is 11.5 Å². The lowest BCUT2D eigenvalue weighted by molar-refractivity contribution is -0.115. The summed E-state index contributed by atoms with van der Waals surface area (Å²) in [6.45, 7) is 1.84. The van der Waals surface area contributed by atoms with Crippen LogP contribution >= 0.6 is 11.8 Å². The van der Waals surface area contributed by atoms with E-state index in [2.05, 4.69) is 10.3 Å². The van der Waals surface area contributed by atoms with Crippen LogP contribution in [-0.2, 0) is 11.4 Å². The lowest BCUT2D eigenvalue weighted by Gasteiger charge is -2.12. The summed E-state index contributed by atoms with van der Waals surface area (Å²) in [6, 6.07) is 22.3. The van der Waals surface area contributed by atoms with Crippen LogP contribution in [0.1, 0.15) is 28.4 Å². The van der Waals surface area contributed by atoms with Crippen LogP contribution in [-0.4, -0.2) is 24.0 Å². The highest BCUT2D eigenvalue weighted by Gasteiger charge is 2.24. The number of rotatable bonds is 7. The number of methoxy groups -OCH3 is 1. The summed E-state index contributed by atoms with van der Waals surface area (Å²) in [7, 11) is 1.57. The summed E-state index contributed by atoms with van der Waals surface area (Å²) in [6.07, 6.45) is 1.79. The number of thioether (sulfide) groups is 1. The number of aliphatic imine (C=N–C) groups is 1. The monoisotopic (exact) mass is 458 g/mol. The van der Waals surface area contributed by atoms with Crippen molar-refractivity contribution in [2.75, 3.05) is 7.11 Å². The smallest absolute Gasteiger partial charge is 0.264 e. The molecule has 0 aromatic heterocycles. The first kappa shape index (κ1) is 22.4. The third kappa shape index (κ3) is 5.70. The minimum absolute atomic E-state index is 0.0117. The Balaban J connectivity index is 1.48. The number of amidine groups is 1. The number of Topliss-reactive ketones (excluding diaryl/α,β-unsaturated/α-hetero) is 1. The van der Waals surface area contributed by atoms with E-state index in [1.165, 1.54) is 18.7 Å². The topological polar surface area (TPSA) is 77.0 Å². The number of carbonyl (C=O) groups is 2. The van der Waals surface area contributed by atoms with Crippen LogP contribution in [0.25, 0.3) is 6.08 Å². The Morgan fingerprint density at radius 2 is 1.85 bits per heavy atom. The van der Waals surface area contributed by atoms with Crippen molar-refractivity contribution in [1.82, 2.24) is 5.32 Å². The first-order valence-corrected chi connectivity index (χ1v) is 11.1. The number of ether oxygens (including phenoxy) is 2. The maximum atomic E-state index is 12.4. The molecule has 1 aliphatic heterocycles. The second-order valence-corrected chi connectivity index (χ2v) is 8.30. The number of hydrogen-bond donors (Lipinski definition) is 1. The maximum Gasteiger partial charge on any atom is 0.264 e.